The van der Waals surface area contributed by atoms with Crippen LogP contribution in [-0.2, 0) is 0 Å². The van der Waals surface area contributed by atoms with Crippen molar-refractivity contribution in [2.45, 2.75) is 6.10 Å². The van der Waals surface area contributed by atoms with Crippen molar-refractivity contribution in [3.63, 3.8) is 0 Å². The van der Waals surface area contributed by atoms with E-state index in [1.165, 1.54) is 0 Å². The van der Waals surface area contributed by atoms with Crippen molar-refractivity contribution >= 4 is 5.96 Å². The van der Waals surface area contributed by atoms with Gasteiger partial charge in [-0.05, 0) is 12.1 Å². The molecule has 0 aliphatic carbocycles. The number of hydrogen-bond acceptors (Lipinski definition) is 3. The Hall–Kier alpha value is -1.79. The van der Waals surface area contributed by atoms with E-state index in [1.54, 1.807) is 0 Å². The number of piperazine rings is 1. The van der Waals surface area contributed by atoms with E-state index in [1.807, 2.05) is 34.9 Å². The van der Waals surface area contributed by atoms with E-state index in [2.05, 4.69) is 4.90 Å². The topological polar surface area (TPSA) is 87.8 Å². The van der Waals surface area contributed by atoms with Crippen molar-refractivity contribution in [1.29, 1.82) is 0 Å². The summed E-state index contributed by atoms with van der Waals surface area (Å²) in [6.07, 6.45) is -0.499. The van der Waals surface area contributed by atoms with Crippen LogP contribution in [0.5, 0.6) is 5.75 Å². The van der Waals surface area contributed by atoms with Gasteiger partial charge < -0.3 is 9.84 Å². The summed E-state index contributed by atoms with van der Waals surface area (Å²) in [7, 11) is 0. The van der Waals surface area contributed by atoms with Gasteiger partial charge in [-0.25, -0.2) is 0 Å². The van der Waals surface area contributed by atoms with Crippen LogP contribution in [0.2, 0.25) is 0 Å². The number of nitrogens with two attached hydrogens (primary N) is 2. The van der Waals surface area contributed by atoms with Gasteiger partial charge in [-0.1, -0.05) is 18.2 Å². The number of nitrogens with zero attached hydrogens (tertiary/aromatic N) is 2. The fraction of sp³-hybridized carbons (Fsp3) is 0.500. The maximum Gasteiger partial charge on any atom is 0.341 e. The molecule has 1 atom stereocenters. The number of aliphatic hydroxyl groups is 1. The summed E-state index contributed by atoms with van der Waals surface area (Å²) in [5.41, 5.74) is 11.1. The summed E-state index contributed by atoms with van der Waals surface area (Å²) in [5.74, 6) is 1.15. The van der Waals surface area contributed by atoms with Crippen LogP contribution >= 0.6 is 0 Å². The maximum atomic E-state index is 10.0. The van der Waals surface area contributed by atoms with Crippen LogP contribution < -0.4 is 16.2 Å². The van der Waals surface area contributed by atoms with Gasteiger partial charge in [0.05, 0.1) is 13.1 Å². The molecule has 1 aromatic carbocycles. The minimum atomic E-state index is -0.499. The highest BCUT2D eigenvalue weighted by atomic mass is 16.5. The summed E-state index contributed by atoms with van der Waals surface area (Å²) in [6.45, 7) is 4.20. The summed E-state index contributed by atoms with van der Waals surface area (Å²) < 4.78 is 7.49. The number of hydrogen-bond donors (Lipinski definition) is 3. The zero-order chi connectivity index (χ0) is 14.4. The van der Waals surface area contributed by atoms with E-state index in [4.69, 9.17) is 16.2 Å². The van der Waals surface area contributed by atoms with Crippen molar-refractivity contribution in [2.24, 2.45) is 11.5 Å². The van der Waals surface area contributed by atoms with Crippen molar-refractivity contribution < 1.29 is 14.4 Å². The predicted octanol–water partition coefficient (Wildman–Crippen LogP) is -0.972. The van der Waals surface area contributed by atoms with Crippen molar-refractivity contribution in [2.75, 3.05) is 39.3 Å². The molecule has 1 aromatic rings. The average Bonchev–Trinajstić information content (AvgIpc) is 2.47. The number of rotatable bonds is 5. The van der Waals surface area contributed by atoms with Crippen LogP contribution in [0.1, 0.15) is 0 Å². The van der Waals surface area contributed by atoms with Gasteiger partial charge in [-0.3, -0.25) is 20.9 Å². The van der Waals surface area contributed by atoms with Gasteiger partial charge in [0.1, 0.15) is 18.5 Å². The van der Waals surface area contributed by atoms with E-state index in [0.29, 0.717) is 19.1 Å². The molecule has 110 valence electrons. The highest BCUT2D eigenvalue weighted by Gasteiger charge is 2.19. The molecule has 20 heavy (non-hydrogen) atoms. The molecule has 1 aliphatic rings. The zero-order valence-electron chi connectivity index (χ0n) is 11.6. The second kappa shape index (κ2) is 7.12. The molecule has 5 N–H and O–H groups in total. The largest absolute Gasteiger partial charge is 0.491 e. The third-order valence-electron chi connectivity index (χ3n) is 3.39. The minimum Gasteiger partial charge on any atom is -0.491 e. The van der Waals surface area contributed by atoms with Crippen molar-refractivity contribution in [3.8, 4) is 5.75 Å². The number of ether oxygens (including phenoxy) is 1. The molecule has 2 rings (SSSR count). The number of aliphatic hydroxyl groups excluding tert-OH is 1. The van der Waals surface area contributed by atoms with Crippen LogP contribution in [0.4, 0.5) is 0 Å². The molecule has 0 saturated carbocycles. The Morgan fingerprint density at radius 1 is 1.25 bits per heavy atom. The molecule has 0 spiro atoms. The van der Waals surface area contributed by atoms with E-state index < -0.39 is 6.10 Å². The SMILES string of the molecule is NC(N)=[N+]1CCN(C[C@H](O)COc2ccccc2)CC1. The van der Waals surface area contributed by atoms with E-state index in [9.17, 15) is 5.11 Å². The highest BCUT2D eigenvalue weighted by molar-refractivity contribution is 5.70. The Kier molecular flexibility index (Phi) is 5.20. The Morgan fingerprint density at radius 2 is 1.90 bits per heavy atom. The molecule has 0 radical (unpaired) electrons. The standard InChI is InChI=1S/C14H22N4O2/c15-14(16)18-8-6-17(7-9-18)10-12(19)11-20-13-4-2-1-3-5-13/h1-5,12,19H,6-11H2,(H3,15,16)/p+1/t12-/m0/s1. The first-order valence-electron chi connectivity index (χ1n) is 6.86. The Bertz CT molecular complexity index is 436. The zero-order valence-corrected chi connectivity index (χ0v) is 11.6. The predicted molar refractivity (Wildman–Crippen MR) is 77.8 cm³/mol. The van der Waals surface area contributed by atoms with Gasteiger partial charge in [0.25, 0.3) is 0 Å². The third-order valence-corrected chi connectivity index (χ3v) is 3.39. The third kappa shape index (κ3) is 4.40. The number of para-hydroxylation sites is 1. The quantitative estimate of drug-likeness (QED) is 0.477. The summed E-state index contributed by atoms with van der Waals surface area (Å²) in [5, 5.41) is 10.0. The van der Waals surface area contributed by atoms with Crippen LogP contribution in [0.15, 0.2) is 30.3 Å². The molecule has 0 aromatic heterocycles. The molecule has 0 unspecified atom stereocenters. The number of β-amino-alcohol motifs (C(OH)–C–C–N with tert-alkyl or cyclic N) is 1. The second-order valence-electron chi connectivity index (χ2n) is 4.99. The van der Waals surface area contributed by atoms with Gasteiger partial charge in [-0.15, -0.1) is 0 Å². The molecule has 1 aliphatic heterocycles. The summed E-state index contributed by atoms with van der Waals surface area (Å²) in [6, 6.07) is 9.52. The molecule has 6 nitrogen and oxygen atoms in total. The van der Waals surface area contributed by atoms with Crippen molar-refractivity contribution in [3.05, 3.63) is 30.3 Å². The number of benzene rings is 1. The first kappa shape index (κ1) is 14.6. The first-order chi connectivity index (χ1) is 9.65. The van der Waals surface area contributed by atoms with E-state index in [0.717, 1.165) is 31.9 Å². The molecule has 1 saturated heterocycles. The molecular weight excluding hydrogens is 256 g/mol. The fourth-order valence-corrected chi connectivity index (χ4v) is 2.25. The van der Waals surface area contributed by atoms with Gasteiger partial charge >= 0.3 is 5.96 Å². The Morgan fingerprint density at radius 3 is 2.50 bits per heavy atom. The Balaban J connectivity index is 1.70. The Labute approximate surface area is 119 Å². The molecule has 1 fully saturated rings. The number of guanidine groups is 1. The summed E-state index contributed by atoms with van der Waals surface area (Å²) in [4.78, 5) is 2.19. The van der Waals surface area contributed by atoms with Crippen LogP contribution in [0, 0.1) is 0 Å². The maximum absolute atomic E-state index is 10.0. The van der Waals surface area contributed by atoms with Gasteiger partial charge in [-0.2, -0.15) is 0 Å². The van der Waals surface area contributed by atoms with E-state index in [-0.39, 0.29) is 0 Å². The minimum absolute atomic E-state index is 0.301. The van der Waals surface area contributed by atoms with Gasteiger partial charge in [0.15, 0.2) is 0 Å². The molecule has 0 bridgehead atoms. The first-order valence-corrected chi connectivity index (χ1v) is 6.86. The molecule has 6 heteroatoms. The lowest BCUT2D eigenvalue weighted by molar-refractivity contribution is -0.541. The fourth-order valence-electron chi connectivity index (χ4n) is 2.25. The van der Waals surface area contributed by atoms with Crippen molar-refractivity contribution in [1.82, 2.24) is 4.90 Å². The second-order valence-corrected chi connectivity index (χ2v) is 4.99. The highest BCUT2D eigenvalue weighted by Crippen LogP contribution is 2.09. The van der Waals surface area contributed by atoms with Crippen LogP contribution in [0.25, 0.3) is 0 Å². The lowest BCUT2D eigenvalue weighted by atomic mass is 10.3. The van der Waals surface area contributed by atoms with Crippen LogP contribution in [0.3, 0.4) is 0 Å². The molecule has 1 heterocycles. The summed E-state index contributed by atoms with van der Waals surface area (Å²) >= 11 is 0. The molecule has 0 amide bonds. The van der Waals surface area contributed by atoms with E-state index >= 15 is 0 Å². The average molecular weight is 279 g/mol. The smallest absolute Gasteiger partial charge is 0.341 e. The van der Waals surface area contributed by atoms with Gasteiger partial charge in [0.2, 0.25) is 0 Å². The van der Waals surface area contributed by atoms with Crippen LogP contribution in [-0.4, -0.2) is 66.0 Å². The lowest BCUT2D eigenvalue weighted by Crippen LogP contribution is -2.50. The van der Waals surface area contributed by atoms with Gasteiger partial charge in [0, 0.05) is 19.6 Å². The monoisotopic (exact) mass is 279 g/mol. The lowest BCUT2D eigenvalue weighted by Gasteiger charge is -2.29. The normalized spacial score (nSPS) is 17.8. The molecular formula is C14H23N4O2+.